The lowest BCUT2D eigenvalue weighted by molar-refractivity contribution is -0.144. The minimum absolute atomic E-state index is 0.143. The van der Waals surface area contributed by atoms with Crippen LogP contribution in [0.25, 0.3) is 0 Å². The van der Waals surface area contributed by atoms with E-state index in [4.69, 9.17) is 25.4 Å². The molecule has 1 aromatic carbocycles. The van der Waals surface area contributed by atoms with Crippen molar-refractivity contribution in [3.8, 4) is 23.8 Å². The zero-order chi connectivity index (χ0) is 18.8. The van der Waals surface area contributed by atoms with Gasteiger partial charge in [-0.25, -0.2) is 9.59 Å². The number of nitrogens with one attached hydrogen (secondary N) is 1. The Kier molecular flexibility index (Phi) is 8.13. The molecule has 1 unspecified atom stereocenters. The number of methoxy groups -OCH3 is 2. The molecule has 1 amide bonds. The van der Waals surface area contributed by atoms with E-state index >= 15 is 0 Å². The van der Waals surface area contributed by atoms with Gasteiger partial charge in [-0.2, -0.15) is 0 Å². The Hall–Kier alpha value is -2.88. The molecule has 0 radical (unpaired) electrons. The number of esters is 1. The third kappa shape index (κ3) is 6.63. The quantitative estimate of drug-likeness (QED) is 0.570. The number of carbonyl (C=O) groups is 2. The highest BCUT2D eigenvalue weighted by atomic mass is 16.6. The zero-order valence-corrected chi connectivity index (χ0v) is 14.8. The second kappa shape index (κ2) is 10.1. The van der Waals surface area contributed by atoms with Crippen LogP contribution in [-0.2, 0) is 20.7 Å². The topological polar surface area (TPSA) is 83.1 Å². The monoisotopic (exact) mass is 349 g/mol. The molecule has 7 heteroatoms. The minimum Gasteiger partial charge on any atom is -0.493 e. The van der Waals surface area contributed by atoms with Crippen molar-refractivity contribution in [3.05, 3.63) is 23.8 Å². The predicted octanol–water partition coefficient (Wildman–Crippen LogP) is 1.93. The predicted molar refractivity (Wildman–Crippen MR) is 91.6 cm³/mol. The van der Waals surface area contributed by atoms with Gasteiger partial charge >= 0.3 is 12.1 Å². The van der Waals surface area contributed by atoms with Crippen molar-refractivity contribution in [2.45, 2.75) is 32.4 Å². The number of benzene rings is 1. The number of ether oxygens (including phenoxy) is 4. The molecule has 0 bridgehead atoms. The Morgan fingerprint density at radius 2 is 1.88 bits per heavy atom. The van der Waals surface area contributed by atoms with Crippen molar-refractivity contribution in [2.75, 3.05) is 20.8 Å². The van der Waals surface area contributed by atoms with Crippen LogP contribution in [0, 0.1) is 12.3 Å². The smallest absolute Gasteiger partial charge is 0.408 e. The zero-order valence-electron chi connectivity index (χ0n) is 14.8. The number of alkyl carbamates (subject to hydrolysis) is 1. The van der Waals surface area contributed by atoms with E-state index in [0.717, 1.165) is 5.56 Å². The van der Waals surface area contributed by atoms with Crippen LogP contribution in [0.1, 0.15) is 19.4 Å². The summed E-state index contributed by atoms with van der Waals surface area (Å²) in [5, 5.41) is 2.40. The molecule has 25 heavy (non-hydrogen) atoms. The van der Waals surface area contributed by atoms with Gasteiger partial charge < -0.3 is 24.3 Å². The van der Waals surface area contributed by atoms with Crippen molar-refractivity contribution < 1.29 is 28.5 Å². The first-order valence-electron chi connectivity index (χ1n) is 7.69. The van der Waals surface area contributed by atoms with E-state index in [1.165, 1.54) is 6.92 Å². The molecule has 0 aliphatic rings. The summed E-state index contributed by atoms with van der Waals surface area (Å²) in [6.07, 6.45) is 4.36. The summed E-state index contributed by atoms with van der Waals surface area (Å²) in [4.78, 5) is 23.4. The van der Waals surface area contributed by atoms with E-state index < -0.39 is 24.2 Å². The van der Waals surface area contributed by atoms with E-state index in [1.807, 2.05) is 12.1 Å². The number of terminal acetylenes is 1. The number of hydrogen-bond donors (Lipinski definition) is 1. The molecule has 136 valence electrons. The van der Waals surface area contributed by atoms with Gasteiger partial charge in [0, 0.05) is 6.42 Å². The van der Waals surface area contributed by atoms with Crippen molar-refractivity contribution in [1.29, 1.82) is 0 Å². The Morgan fingerprint density at radius 1 is 1.20 bits per heavy atom. The van der Waals surface area contributed by atoms with E-state index in [9.17, 15) is 9.59 Å². The minimum atomic E-state index is -0.853. The molecule has 0 heterocycles. The summed E-state index contributed by atoms with van der Waals surface area (Å²) >= 11 is 0. The van der Waals surface area contributed by atoms with Gasteiger partial charge in [0.15, 0.2) is 18.1 Å². The lowest BCUT2D eigenvalue weighted by Gasteiger charge is -2.17. The summed E-state index contributed by atoms with van der Waals surface area (Å²) in [6, 6.07) is 4.61. The molecular formula is C18H23NO6. The lowest BCUT2D eigenvalue weighted by atomic mass is 10.1. The second-order valence-corrected chi connectivity index (χ2v) is 5.29. The van der Waals surface area contributed by atoms with E-state index in [2.05, 4.69) is 11.2 Å². The van der Waals surface area contributed by atoms with Gasteiger partial charge in [-0.05, 0) is 31.5 Å². The maximum absolute atomic E-state index is 11.8. The van der Waals surface area contributed by atoms with Crippen LogP contribution < -0.4 is 14.8 Å². The van der Waals surface area contributed by atoms with E-state index in [0.29, 0.717) is 17.9 Å². The Morgan fingerprint density at radius 3 is 2.48 bits per heavy atom. The average Bonchev–Trinajstić information content (AvgIpc) is 2.58. The number of amides is 1. The molecule has 7 nitrogen and oxygen atoms in total. The van der Waals surface area contributed by atoms with Gasteiger partial charge in [-0.15, -0.1) is 6.42 Å². The van der Waals surface area contributed by atoms with Crippen molar-refractivity contribution in [2.24, 2.45) is 0 Å². The normalized spacial score (nSPS) is 12.3. The molecule has 1 rings (SSSR count). The molecule has 0 aliphatic heterocycles. The van der Waals surface area contributed by atoms with Gasteiger partial charge in [-0.1, -0.05) is 12.0 Å². The van der Waals surface area contributed by atoms with Gasteiger partial charge in [0.1, 0.15) is 12.1 Å². The Bertz CT molecular complexity index is 637. The Labute approximate surface area is 147 Å². The molecule has 0 spiro atoms. The molecule has 2 atom stereocenters. The molecule has 1 N–H and O–H groups in total. The SMILES string of the molecule is C#CCOC(=O)[C@H](C)NC(=O)OC(C)Cc1ccc(OC)c(OC)c1. The summed E-state index contributed by atoms with van der Waals surface area (Å²) in [7, 11) is 3.11. The fraction of sp³-hybridized carbons (Fsp3) is 0.444. The highest BCUT2D eigenvalue weighted by Crippen LogP contribution is 2.28. The largest absolute Gasteiger partial charge is 0.493 e. The van der Waals surface area contributed by atoms with Gasteiger partial charge in [0.2, 0.25) is 0 Å². The second-order valence-electron chi connectivity index (χ2n) is 5.29. The molecule has 1 aromatic rings. The average molecular weight is 349 g/mol. The van der Waals surface area contributed by atoms with Crippen LogP contribution in [0.15, 0.2) is 18.2 Å². The van der Waals surface area contributed by atoms with Crippen molar-refractivity contribution >= 4 is 12.1 Å². The standard InChI is InChI=1S/C18H23NO6/c1-6-9-24-17(20)13(3)19-18(21)25-12(2)10-14-7-8-15(22-4)16(11-14)23-5/h1,7-8,11-13H,9-10H2,2-5H3,(H,19,21)/t12?,13-/m0/s1. The molecular weight excluding hydrogens is 326 g/mol. The van der Waals surface area contributed by atoms with Crippen LogP contribution in [-0.4, -0.2) is 45.0 Å². The summed E-state index contributed by atoms with van der Waals surface area (Å²) in [5.74, 6) is 2.78. The van der Waals surface area contributed by atoms with Crippen LogP contribution in [0.5, 0.6) is 11.5 Å². The first-order chi connectivity index (χ1) is 11.9. The third-order valence-electron chi connectivity index (χ3n) is 3.27. The van der Waals surface area contributed by atoms with Crippen molar-refractivity contribution in [3.63, 3.8) is 0 Å². The molecule has 0 fully saturated rings. The fourth-order valence-electron chi connectivity index (χ4n) is 2.07. The van der Waals surface area contributed by atoms with E-state index in [-0.39, 0.29) is 6.61 Å². The fourth-order valence-corrected chi connectivity index (χ4v) is 2.07. The number of hydrogen-bond acceptors (Lipinski definition) is 6. The highest BCUT2D eigenvalue weighted by Gasteiger charge is 2.19. The van der Waals surface area contributed by atoms with Gasteiger partial charge in [0.25, 0.3) is 0 Å². The third-order valence-corrected chi connectivity index (χ3v) is 3.27. The Balaban J connectivity index is 2.53. The highest BCUT2D eigenvalue weighted by molar-refractivity contribution is 5.81. The number of carbonyl (C=O) groups excluding carboxylic acids is 2. The van der Waals surface area contributed by atoms with Crippen molar-refractivity contribution in [1.82, 2.24) is 5.32 Å². The molecule has 0 saturated heterocycles. The lowest BCUT2D eigenvalue weighted by Crippen LogP contribution is -2.41. The maximum Gasteiger partial charge on any atom is 0.408 e. The molecule has 0 saturated carbocycles. The van der Waals surface area contributed by atoms with Gasteiger partial charge in [0.05, 0.1) is 14.2 Å². The first-order valence-corrected chi connectivity index (χ1v) is 7.69. The summed E-state index contributed by atoms with van der Waals surface area (Å²) < 4.78 is 20.4. The van der Waals surface area contributed by atoms with E-state index in [1.54, 1.807) is 27.2 Å². The maximum atomic E-state index is 11.8. The van der Waals surface area contributed by atoms with Crippen LogP contribution in [0.3, 0.4) is 0 Å². The summed E-state index contributed by atoms with van der Waals surface area (Å²) in [6.45, 7) is 3.09. The van der Waals surface area contributed by atoms with Gasteiger partial charge in [-0.3, -0.25) is 0 Å². The van der Waals surface area contributed by atoms with Crippen LogP contribution in [0.4, 0.5) is 4.79 Å². The first kappa shape index (κ1) is 20.2. The van der Waals surface area contributed by atoms with Crippen LogP contribution in [0.2, 0.25) is 0 Å². The summed E-state index contributed by atoms with van der Waals surface area (Å²) in [5.41, 5.74) is 0.916. The molecule has 0 aromatic heterocycles. The number of rotatable bonds is 8. The van der Waals surface area contributed by atoms with Crippen LogP contribution >= 0.6 is 0 Å². The molecule has 0 aliphatic carbocycles.